The fourth-order valence-electron chi connectivity index (χ4n) is 14.9. The van der Waals surface area contributed by atoms with Gasteiger partial charge in [0.1, 0.15) is 72.6 Å². The summed E-state index contributed by atoms with van der Waals surface area (Å²) >= 11 is 0. The van der Waals surface area contributed by atoms with E-state index in [0.29, 0.717) is 44.9 Å². The molecule has 0 spiro atoms. The second-order valence-corrected chi connectivity index (χ2v) is 23.0. The van der Waals surface area contributed by atoms with E-state index in [1.54, 1.807) is 0 Å². The lowest BCUT2D eigenvalue weighted by atomic mass is 9.33. The first-order valence-corrected chi connectivity index (χ1v) is 24.0. The molecule has 0 radical (unpaired) electrons. The van der Waals surface area contributed by atoms with Crippen LogP contribution in [-0.2, 0) is 33.2 Å². The minimum atomic E-state index is -1.79. The second kappa shape index (κ2) is 18.0. The third-order valence-electron chi connectivity index (χ3n) is 19.1. The lowest BCUT2D eigenvalue weighted by Crippen LogP contribution is -2.69. The summed E-state index contributed by atoms with van der Waals surface area (Å²) in [7, 11) is 0. The van der Waals surface area contributed by atoms with Crippen LogP contribution in [0, 0.1) is 50.2 Å². The van der Waals surface area contributed by atoms with Gasteiger partial charge in [0.2, 0.25) is 6.29 Å². The van der Waals surface area contributed by atoms with Crippen LogP contribution in [-0.4, -0.2) is 192 Å². The van der Waals surface area contributed by atoms with Crippen LogP contribution in [0.25, 0.3) is 0 Å². The molecule has 0 bridgehead atoms. The highest BCUT2D eigenvalue weighted by molar-refractivity contribution is 5.80. The van der Waals surface area contributed by atoms with E-state index in [1.807, 2.05) is 6.92 Å². The third kappa shape index (κ3) is 7.68. The Labute approximate surface area is 385 Å². The molecule has 7 fully saturated rings. The smallest absolute Gasteiger partial charge is 0.317 e. The standard InChI is InChI=1S/C47H76O19/c1-42(2)13-14-47(41(60)66-40-35(58)33(56)31(54)25(18-49)63-40)22(15-42)21-7-8-27-43(3)11-10-29(44(4,20-50)26(43)9-12-45(27,5)46(21,6)16-28(47)52)64-38-36(59)37(23(51)19-61-38)65-39-34(57)32(55)30(53)24(17-48)62-39/h7,22-40,48-59H,8-20H2,1-6H3/t22?,23-,24+,25+,26?,27+,28+,29-,30+,31+,32-,33-,34+,35+,36+,37-,38-,39-,40-,43-,44-,45+,46+,47+/m0/s1. The van der Waals surface area contributed by atoms with Gasteiger partial charge in [-0.2, -0.15) is 0 Å². The van der Waals surface area contributed by atoms with E-state index in [4.69, 9.17) is 28.4 Å². The normalized spacial score (nSPS) is 54.8. The fraction of sp³-hybridized carbons (Fsp3) is 0.936. The van der Waals surface area contributed by atoms with E-state index in [1.165, 1.54) is 0 Å². The first-order chi connectivity index (χ1) is 30.9. The molecule has 0 aromatic heterocycles. The summed E-state index contributed by atoms with van der Waals surface area (Å²) in [4.78, 5) is 14.7. The van der Waals surface area contributed by atoms with E-state index in [-0.39, 0.29) is 47.7 Å². The Balaban J connectivity index is 1.04. The number of hydrogen-bond donors (Lipinski definition) is 12. The van der Waals surface area contributed by atoms with Gasteiger partial charge >= 0.3 is 5.97 Å². The molecule has 2 unspecified atom stereocenters. The number of allylic oxidation sites excluding steroid dienone is 2. The van der Waals surface area contributed by atoms with E-state index in [0.717, 1.165) is 12.0 Å². The van der Waals surface area contributed by atoms with Crippen LogP contribution < -0.4 is 0 Å². The van der Waals surface area contributed by atoms with Crippen molar-refractivity contribution in [3.63, 3.8) is 0 Å². The van der Waals surface area contributed by atoms with E-state index in [2.05, 4.69) is 40.7 Å². The molecule has 5 aliphatic carbocycles. The molecular formula is C47H76O19. The monoisotopic (exact) mass is 944 g/mol. The van der Waals surface area contributed by atoms with Gasteiger partial charge in [-0.25, -0.2) is 0 Å². The first-order valence-electron chi connectivity index (χ1n) is 24.0. The summed E-state index contributed by atoms with van der Waals surface area (Å²) in [6, 6.07) is 0. The van der Waals surface area contributed by atoms with E-state index in [9.17, 15) is 66.1 Å². The largest absolute Gasteiger partial charge is 0.432 e. The molecule has 19 nitrogen and oxygen atoms in total. The first kappa shape index (κ1) is 50.9. The van der Waals surface area contributed by atoms with Crippen molar-refractivity contribution in [1.29, 1.82) is 0 Å². The number of rotatable bonds is 9. The lowest BCUT2D eigenvalue weighted by Gasteiger charge is -2.72. The number of carbonyl (C=O) groups is 1. The number of aliphatic hydroxyl groups excluding tert-OH is 12. The summed E-state index contributed by atoms with van der Waals surface area (Å²) in [6.45, 7) is 11.2. The van der Waals surface area contributed by atoms with Crippen LogP contribution >= 0.6 is 0 Å². The van der Waals surface area contributed by atoms with Crippen LogP contribution in [0.1, 0.15) is 99.3 Å². The summed E-state index contributed by atoms with van der Waals surface area (Å²) in [6.07, 6.45) is -16.4. The zero-order valence-electron chi connectivity index (χ0n) is 39.0. The molecule has 3 saturated heterocycles. The minimum Gasteiger partial charge on any atom is -0.432 e. The molecule has 8 aliphatic rings. The lowest BCUT2D eigenvalue weighted by molar-refractivity contribution is -0.358. The topological polar surface area (TPSA) is 315 Å². The number of ether oxygens (including phenoxy) is 6. The molecule has 3 heterocycles. The van der Waals surface area contributed by atoms with Crippen molar-refractivity contribution in [2.45, 2.75) is 198 Å². The zero-order chi connectivity index (χ0) is 48.3. The molecular weight excluding hydrogens is 868 g/mol. The highest BCUT2D eigenvalue weighted by atomic mass is 16.7. The Morgan fingerprint density at radius 2 is 1.30 bits per heavy atom. The summed E-state index contributed by atoms with van der Waals surface area (Å²) in [5, 5.41) is 129. The quantitative estimate of drug-likeness (QED) is 0.0728. The predicted octanol–water partition coefficient (Wildman–Crippen LogP) is -1.28. The van der Waals surface area contributed by atoms with Crippen molar-refractivity contribution >= 4 is 5.97 Å². The van der Waals surface area contributed by atoms with Crippen LogP contribution in [0.15, 0.2) is 11.6 Å². The van der Waals surface area contributed by atoms with E-state index < -0.39 is 140 Å². The predicted molar refractivity (Wildman–Crippen MR) is 227 cm³/mol. The summed E-state index contributed by atoms with van der Waals surface area (Å²) in [5.41, 5.74) is -2.63. The van der Waals surface area contributed by atoms with Gasteiger partial charge in [0.15, 0.2) is 12.6 Å². The van der Waals surface area contributed by atoms with Gasteiger partial charge < -0.3 is 89.7 Å². The minimum absolute atomic E-state index is 0.0738. The molecule has 8 rings (SSSR count). The van der Waals surface area contributed by atoms with E-state index >= 15 is 0 Å². The maximum Gasteiger partial charge on any atom is 0.317 e. The summed E-state index contributed by atoms with van der Waals surface area (Å²) < 4.78 is 35.2. The molecule has 24 atom stereocenters. The van der Waals surface area contributed by atoms with Crippen molar-refractivity contribution in [2.24, 2.45) is 50.2 Å². The molecule has 19 heteroatoms. The van der Waals surface area contributed by atoms with Gasteiger partial charge in [-0.15, -0.1) is 0 Å². The molecule has 378 valence electrons. The number of esters is 1. The van der Waals surface area contributed by atoms with Gasteiger partial charge in [-0.3, -0.25) is 4.79 Å². The molecule has 3 aliphatic heterocycles. The van der Waals surface area contributed by atoms with Crippen molar-refractivity contribution in [3.8, 4) is 0 Å². The maximum absolute atomic E-state index is 14.7. The Hall–Kier alpha value is -1.47. The van der Waals surface area contributed by atoms with Gasteiger partial charge in [-0.1, -0.05) is 53.2 Å². The van der Waals surface area contributed by atoms with Crippen LogP contribution in [0.5, 0.6) is 0 Å². The van der Waals surface area contributed by atoms with Crippen molar-refractivity contribution in [1.82, 2.24) is 0 Å². The Morgan fingerprint density at radius 3 is 1.92 bits per heavy atom. The van der Waals surface area contributed by atoms with Crippen molar-refractivity contribution < 1.29 is 94.5 Å². The Kier molecular flexibility index (Phi) is 13.9. The third-order valence-corrected chi connectivity index (χ3v) is 19.1. The van der Waals surface area contributed by atoms with Gasteiger partial charge in [0.05, 0.1) is 38.6 Å². The number of fused-ring (bicyclic) bond motifs is 7. The Bertz CT molecular complexity index is 1800. The zero-order valence-corrected chi connectivity index (χ0v) is 39.0. The average molecular weight is 945 g/mol. The average Bonchev–Trinajstić information content (AvgIpc) is 3.27. The molecule has 0 amide bonds. The number of aliphatic hydroxyl groups is 12. The molecule has 12 N–H and O–H groups in total. The van der Waals surface area contributed by atoms with Gasteiger partial charge in [0.25, 0.3) is 0 Å². The van der Waals surface area contributed by atoms with Crippen molar-refractivity contribution in [2.75, 3.05) is 26.4 Å². The van der Waals surface area contributed by atoms with Gasteiger partial charge in [-0.05, 0) is 97.2 Å². The SMILES string of the molecule is CC1(C)CC[C@@]2(C(=O)O[C@@H]3O[C@H](CO)[C@@H](O)[C@H](O)[C@H]3O)C(C1)C1=CC[C@@H]3[C@@]4(C)CC[C@H](O[C@@H]5OC[C@H](O)[C@H](O[C@@H]6O[C@H](CO)[C@@H](O)[C@H](O)[C@H]6O)[C@H]5O)[C@@](C)(CO)C4CC[C@@]3(C)[C@]1(C)C[C@H]2O. The fourth-order valence-corrected chi connectivity index (χ4v) is 14.9. The maximum atomic E-state index is 14.7. The second-order valence-electron chi connectivity index (χ2n) is 23.0. The summed E-state index contributed by atoms with van der Waals surface area (Å²) in [5.74, 6) is -1.19. The van der Waals surface area contributed by atoms with Crippen LogP contribution in [0.3, 0.4) is 0 Å². The van der Waals surface area contributed by atoms with Crippen LogP contribution in [0.2, 0.25) is 0 Å². The number of carbonyl (C=O) groups excluding carboxylic acids is 1. The van der Waals surface area contributed by atoms with Gasteiger partial charge in [0, 0.05) is 5.41 Å². The number of hydrogen-bond acceptors (Lipinski definition) is 19. The molecule has 0 aromatic rings. The highest BCUT2D eigenvalue weighted by Gasteiger charge is 2.72. The highest BCUT2D eigenvalue weighted by Crippen LogP contribution is 2.76. The Morgan fingerprint density at radius 1 is 0.682 bits per heavy atom. The molecule has 4 saturated carbocycles. The molecule has 66 heavy (non-hydrogen) atoms. The van der Waals surface area contributed by atoms with Crippen molar-refractivity contribution in [3.05, 3.63) is 11.6 Å². The van der Waals surface area contributed by atoms with Crippen LogP contribution in [0.4, 0.5) is 0 Å². The molecule has 0 aromatic carbocycles.